The van der Waals surface area contributed by atoms with Crippen LogP contribution in [0.3, 0.4) is 0 Å². The maximum Gasteiger partial charge on any atom is 0.263 e. The zero-order valence-electron chi connectivity index (χ0n) is 11.2. The van der Waals surface area contributed by atoms with E-state index in [9.17, 15) is 8.42 Å². The lowest BCUT2D eigenvalue weighted by Gasteiger charge is -2.11. The number of benzene rings is 2. The summed E-state index contributed by atoms with van der Waals surface area (Å²) in [6, 6.07) is 12.3. The Bertz CT molecular complexity index is 748. The molecule has 0 heterocycles. The average molecular weight is 434 g/mol. The molecule has 0 unspecified atom stereocenters. The van der Waals surface area contributed by atoms with E-state index in [2.05, 4.69) is 41.9 Å². The van der Waals surface area contributed by atoms with Gasteiger partial charge in [-0.05, 0) is 58.9 Å². The van der Waals surface area contributed by atoms with Gasteiger partial charge in [-0.3, -0.25) is 4.72 Å². The fraction of sp³-hybridized carbons (Fsp3) is 0.143. The fourth-order valence-electron chi connectivity index (χ4n) is 1.83. The summed E-state index contributed by atoms with van der Waals surface area (Å²) in [5.41, 5.74) is 1.41. The lowest BCUT2D eigenvalue weighted by atomic mass is 10.2. The summed E-state index contributed by atoms with van der Waals surface area (Å²) < 4.78 is 28.9. The Morgan fingerprint density at radius 2 is 1.86 bits per heavy atom. The summed E-state index contributed by atoms with van der Waals surface area (Å²) in [6.45, 7) is 0.604. The van der Waals surface area contributed by atoms with Crippen LogP contribution >= 0.6 is 31.9 Å². The molecule has 0 saturated carbocycles. The van der Waals surface area contributed by atoms with Crippen LogP contribution in [0.1, 0.15) is 5.56 Å². The Morgan fingerprint density at radius 3 is 2.52 bits per heavy atom. The molecule has 0 saturated heterocycles. The van der Waals surface area contributed by atoms with Crippen molar-refractivity contribution < 1.29 is 8.42 Å². The summed E-state index contributed by atoms with van der Waals surface area (Å²) in [6.07, 6.45) is 0. The SMILES string of the molecule is CNCc1ccc(Br)c(S(=O)(=O)Nc2cccc(Br)c2)c1. The predicted molar refractivity (Wildman–Crippen MR) is 91.9 cm³/mol. The number of rotatable bonds is 5. The standard InChI is InChI=1S/C14H14Br2N2O2S/c1-17-9-10-5-6-13(16)14(7-10)21(19,20)18-12-4-2-3-11(15)8-12/h2-8,17-18H,9H2,1H3. The van der Waals surface area contributed by atoms with E-state index in [1.165, 1.54) is 0 Å². The van der Waals surface area contributed by atoms with Crippen molar-refractivity contribution in [3.05, 3.63) is 57.0 Å². The maximum atomic E-state index is 12.5. The van der Waals surface area contributed by atoms with Crippen LogP contribution in [0, 0.1) is 0 Å². The molecule has 7 heteroatoms. The highest BCUT2D eigenvalue weighted by Gasteiger charge is 2.18. The number of hydrogen-bond acceptors (Lipinski definition) is 3. The number of nitrogens with one attached hydrogen (secondary N) is 2. The molecule has 0 aromatic heterocycles. The molecule has 2 rings (SSSR count). The zero-order chi connectivity index (χ0) is 15.5. The summed E-state index contributed by atoms with van der Waals surface area (Å²) in [5.74, 6) is 0. The van der Waals surface area contributed by atoms with Gasteiger partial charge >= 0.3 is 0 Å². The molecular formula is C14H14Br2N2O2S. The van der Waals surface area contributed by atoms with Crippen molar-refractivity contribution in [1.82, 2.24) is 5.32 Å². The Morgan fingerprint density at radius 1 is 1.10 bits per heavy atom. The Balaban J connectivity index is 2.37. The molecule has 0 aliphatic carbocycles. The number of halogens is 2. The highest BCUT2D eigenvalue weighted by molar-refractivity contribution is 9.10. The topological polar surface area (TPSA) is 58.2 Å². The Kier molecular flexibility index (Phi) is 5.43. The van der Waals surface area contributed by atoms with E-state index in [1.54, 1.807) is 30.3 Å². The van der Waals surface area contributed by atoms with Crippen LogP contribution < -0.4 is 10.0 Å². The van der Waals surface area contributed by atoms with Crippen LogP contribution in [-0.4, -0.2) is 15.5 Å². The second-order valence-electron chi connectivity index (χ2n) is 4.41. The molecule has 4 nitrogen and oxygen atoms in total. The van der Waals surface area contributed by atoms with Crippen LogP contribution in [-0.2, 0) is 16.6 Å². The highest BCUT2D eigenvalue weighted by Crippen LogP contribution is 2.26. The lowest BCUT2D eigenvalue weighted by molar-refractivity contribution is 0.600. The minimum absolute atomic E-state index is 0.218. The third-order valence-corrected chi connectivity index (χ3v) is 5.61. The molecule has 0 radical (unpaired) electrons. The molecule has 21 heavy (non-hydrogen) atoms. The van der Waals surface area contributed by atoms with E-state index in [1.807, 2.05) is 19.2 Å². The first kappa shape index (κ1) is 16.5. The molecule has 0 fully saturated rings. The first-order valence-electron chi connectivity index (χ1n) is 6.14. The van der Waals surface area contributed by atoms with Gasteiger partial charge in [0, 0.05) is 21.2 Å². The molecule has 0 aliphatic heterocycles. The quantitative estimate of drug-likeness (QED) is 0.755. The summed E-state index contributed by atoms with van der Waals surface area (Å²) in [5, 5.41) is 3.00. The summed E-state index contributed by atoms with van der Waals surface area (Å²) in [7, 11) is -1.83. The van der Waals surface area contributed by atoms with Crippen molar-refractivity contribution in [2.75, 3.05) is 11.8 Å². The first-order valence-corrected chi connectivity index (χ1v) is 9.21. The van der Waals surface area contributed by atoms with Crippen LogP contribution in [0.4, 0.5) is 5.69 Å². The van der Waals surface area contributed by atoms with Crippen molar-refractivity contribution in [3.8, 4) is 0 Å². The van der Waals surface area contributed by atoms with Gasteiger partial charge in [0.05, 0.1) is 0 Å². The number of hydrogen-bond donors (Lipinski definition) is 2. The third kappa shape index (κ3) is 4.29. The normalized spacial score (nSPS) is 11.4. The predicted octanol–water partition coefficient (Wildman–Crippen LogP) is 3.73. The second kappa shape index (κ2) is 6.91. The van der Waals surface area contributed by atoms with Gasteiger partial charge in [-0.1, -0.05) is 28.1 Å². The van der Waals surface area contributed by atoms with Crippen LogP contribution in [0.25, 0.3) is 0 Å². The van der Waals surface area contributed by atoms with E-state index in [0.29, 0.717) is 16.7 Å². The number of sulfonamides is 1. The van der Waals surface area contributed by atoms with Crippen molar-refractivity contribution in [2.45, 2.75) is 11.4 Å². The van der Waals surface area contributed by atoms with Gasteiger partial charge in [0.2, 0.25) is 0 Å². The van der Waals surface area contributed by atoms with Gasteiger partial charge in [-0.15, -0.1) is 0 Å². The summed E-state index contributed by atoms with van der Waals surface area (Å²) in [4.78, 5) is 0.218. The highest BCUT2D eigenvalue weighted by atomic mass is 79.9. The van der Waals surface area contributed by atoms with Gasteiger partial charge in [-0.2, -0.15) is 0 Å². The van der Waals surface area contributed by atoms with Crippen LogP contribution in [0.2, 0.25) is 0 Å². The van der Waals surface area contributed by atoms with Gasteiger partial charge in [-0.25, -0.2) is 8.42 Å². The average Bonchev–Trinajstić information content (AvgIpc) is 2.40. The van der Waals surface area contributed by atoms with Gasteiger partial charge < -0.3 is 5.32 Å². The molecule has 112 valence electrons. The Hall–Kier alpha value is -0.890. The van der Waals surface area contributed by atoms with Crippen molar-refractivity contribution in [1.29, 1.82) is 0 Å². The lowest BCUT2D eigenvalue weighted by Crippen LogP contribution is -2.14. The molecule has 0 spiro atoms. The second-order valence-corrected chi connectivity index (χ2v) is 7.83. The van der Waals surface area contributed by atoms with E-state index < -0.39 is 10.0 Å². The van der Waals surface area contributed by atoms with E-state index in [4.69, 9.17) is 0 Å². The van der Waals surface area contributed by atoms with Crippen molar-refractivity contribution in [3.63, 3.8) is 0 Å². The molecule has 0 amide bonds. The molecule has 0 bridgehead atoms. The van der Waals surface area contributed by atoms with Crippen molar-refractivity contribution >= 4 is 47.6 Å². The van der Waals surface area contributed by atoms with Gasteiger partial charge in [0.1, 0.15) is 4.90 Å². The van der Waals surface area contributed by atoms with E-state index in [0.717, 1.165) is 10.0 Å². The molecule has 0 atom stereocenters. The van der Waals surface area contributed by atoms with Crippen molar-refractivity contribution in [2.24, 2.45) is 0 Å². The zero-order valence-corrected chi connectivity index (χ0v) is 15.2. The minimum atomic E-state index is -3.65. The Labute approximate surface area is 141 Å². The molecule has 2 aromatic carbocycles. The largest absolute Gasteiger partial charge is 0.316 e. The third-order valence-electron chi connectivity index (χ3n) is 2.74. The van der Waals surface area contributed by atoms with Gasteiger partial charge in [0.25, 0.3) is 10.0 Å². The molecular weight excluding hydrogens is 420 g/mol. The molecule has 2 aromatic rings. The summed E-state index contributed by atoms with van der Waals surface area (Å²) >= 11 is 6.62. The smallest absolute Gasteiger partial charge is 0.263 e. The minimum Gasteiger partial charge on any atom is -0.316 e. The van der Waals surface area contributed by atoms with E-state index in [-0.39, 0.29) is 4.90 Å². The molecule has 0 aliphatic rings. The molecule has 2 N–H and O–H groups in total. The monoisotopic (exact) mass is 432 g/mol. The first-order chi connectivity index (χ1) is 9.92. The fourth-order valence-corrected chi connectivity index (χ4v) is 4.29. The van der Waals surface area contributed by atoms with Crippen LogP contribution in [0.15, 0.2) is 56.3 Å². The van der Waals surface area contributed by atoms with Crippen LogP contribution in [0.5, 0.6) is 0 Å². The van der Waals surface area contributed by atoms with Gasteiger partial charge in [0.15, 0.2) is 0 Å². The van der Waals surface area contributed by atoms with E-state index >= 15 is 0 Å². The maximum absolute atomic E-state index is 12.5. The number of anilines is 1.